The molecule has 0 radical (unpaired) electrons. The number of aromatic nitrogens is 4. The summed E-state index contributed by atoms with van der Waals surface area (Å²) in [5, 5.41) is 4.20. The number of hydrogen-bond donors (Lipinski definition) is 1. The monoisotopic (exact) mass is 324 g/mol. The van der Waals surface area contributed by atoms with Gasteiger partial charge in [0, 0.05) is 5.56 Å². The molecular weight excluding hydrogens is 312 g/mol. The Hall–Kier alpha value is -1.84. The SMILES string of the molecule is Cc1nn(Cc2cccc3nsnc23)c(C)c1S(=O)(=O)O. The van der Waals surface area contributed by atoms with Crippen LogP contribution in [0.1, 0.15) is 17.0 Å². The van der Waals surface area contributed by atoms with Gasteiger partial charge in [-0.25, -0.2) is 0 Å². The first-order valence-electron chi connectivity index (χ1n) is 6.09. The van der Waals surface area contributed by atoms with Crippen molar-refractivity contribution in [3.63, 3.8) is 0 Å². The van der Waals surface area contributed by atoms with E-state index in [9.17, 15) is 13.0 Å². The van der Waals surface area contributed by atoms with Crippen LogP contribution in [0.25, 0.3) is 11.0 Å². The van der Waals surface area contributed by atoms with Gasteiger partial charge in [0.25, 0.3) is 10.1 Å². The first kappa shape index (κ1) is 14.1. The summed E-state index contributed by atoms with van der Waals surface area (Å²) in [6.07, 6.45) is 0. The van der Waals surface area contributed by atoms with Gasteiger partial charge in [0.05, 0.1) is 29.7 Å². The Morgan fingerprint density at radius 1 is 1.29 bits per heavy atom. The van der Waals surface area contributed by atoms with Gasteiger partial charge in [-0.05, 0) is 19.9 Å². The molecule has 0 aliphatic carbocycles. The third kappa shape index (κ3) is 2.43. The minimum Gasteiger partial charge on any atom is -0.282 e. The van der Waals surface area contributed by atoms with E-state index < -0.39 is 10.1 Å². The molecule has 2 aromatic heterocycles. The van der Waals surface area contributed by atoms with Gasteiger partial charge < -0.3 is 0 Å². The Balaban J connectivity index is 2.09. The van der Waals surface area contributed by atoms with E-state index in [0.717, 1.165) is 28.3 Å². The number of rotatable bonds is 3. The minimum atomic E-state index is -4.28. The lowest BCUT2D eigenvalue weighted by Gasteiger charge is -2.05. The highest BCUT2D eigenvalue weighted by atomic mass is 32.2. The summed E-state index contributed by atoms with van der Waals surface area (Å²) < 4.78 is 42.0. The number of aryl methyl sites for hydroxylation is 1. The van der Waals surface area contributed by atoms with Crippen molar-refractivity contribution < 1.29 is 13.0 Å². The van der Waals surface area contributed by atoms with E-state index in [-0.39, 0.29) is 10.6 Å². The van der Waals surface area contributed by atoms with Gasteiger partial charge in [-0.15, -0.1) is 0 Å². The van der Waals surface area contributed by atoms with Crippen LogP contribution < -0.4 is 0 Å². The third-order valence-electron chi connectivity index (χ3n) is 3.26. The molecule has 2 heterocycles. The normalized spacial score (nSPS) is 12.1. The standard InChI is InChI=1S/C12H12N4O3S2/c1-7-12(21(17,18)19)8(2)16(13-7)6-9-4-3-5-10-11(9)15-20-14-10/h3-5H,6H2,1-2H3,(H,17,18,19). The largest absolute Gasteiger partial charge is 0.298 e. The lowest BCUT2D eigenvalue weighted by atomic mass is 10.2. The summed E-state index contributed by atoms with van der Waals surface area (Å²) in [6, 6.07) is 5.63. The van der Waals surface area contributed by atoms with E-state index in [4.69, 9.17) is 0 Å². The molecule has 110 valence electrons. The highest BCUT2D eigenvalue weighted by Crippen LogP contribution is 2.22. The number of fused-ring (bicyclic) bond motifs is 1. The molecule has 7 nitrogen and oxygen atoms in total. The zero-order valence-electron chi connectivity index (χ0n) is 11.3. The molecule has 0 atom stereocenters. The lowest BCUT2D eigenvalue weighted by Crippen LogP contribution is -2.06. The second-order valence-corrected chi connectivity index (χ2v) is 6.57. The van der Waals surface area contributed by atoms with E-state index >= 15 is 0 Å². The minimum absolute atomic E-state index is 0.133. The Labute approximate surface area is 125 Å². The highest BCUT2D eigenvalue weighted by molar-refractivity contribution is 7.86. The molecule has 3 aromatic rings. The van der Waals surface area contributed by atoms with E-state index in [1.165, 1.54) is 0 Å². The van der Waals surface area contributed by atoms with Gasteiger partial charge in [-0.1, -0.05) is 12.1 Å². The zero-order chi connectivity index (χ0) is 15.2. The Morgan fingerprint density at radius 3 is 2.71 bits per heavy atom. The predicted molar refractivity (Wildman–Crippen MR) is 78.0 cm³/mol. The Morgan fingerprint density at radius 2 is 2.05 bits per heavy atom. The van der Waals surface area contributed by atoms with Crippen LogP contribution in [0.4, 0.5) is 0 Å². The molecule has 0 amide bonds. The Bertz CT molecular complexity index is 927. The van der Waals surface area contributed by atoms with Crippen LogP contribution in [0.15, 0.2) is 23.1 Å². The maximum atomic E-state index is 11.4. The fourth-order valence-corrected chi connectivity index (χ4v) is 3.82. The molecule has 1 aromatic carbocycles. The van der Waals surface area contributed by atoms with Gasteiger partial charge in [-0.3, -0.25) is 9.23 Å². The van der Waals surface area contributed by atoms with Crippen LogP contribution in [0.2, 0.25) is 0 Å². The van der Waals surface area contributed by atoms with E-state index in [0.29, 0.717) is 12.2 Å². The summed E-state index contributed by atoms with van der Waals surface area (Å²) in [4.78, 5) is -0.133. The summed E-state index contributed by atoms with van der Waals surface area (Å²) in [5.41, 5.74) is 3.15. The molecule has 21 heavy (non-hydrogen) atoms. The van der Waals surface area contributed by atoms with Crippen LogP contribution in [0.3, 0.4) is 0 Å². The van der Waals surface area contributed by atoms with Crippen LogP contribution in [-0.4, -0.2) is 31.5 Å². The average Bonchev–Trinajstić information content (AvgIpc) is 2.94. The van der Waals surface area contributed by atoms with Crippen molar-refractivity contribution in [2.45, 2.75) is 25.3 Å². The van der Waals surface area contributed by atoms with Crippen molar-refractivity contribution in [3.05, 3.63) is 35.2 Å². The second-order valence-electron chi connectivity index (χ2n) is 4.68. The van der Waals surface area contributed by atoms with Gasteiger partial charge in [0.2, 0.25) is 0 Å². The van der Waals surface area contributed by atoms with Crippen molar-refractivity contribution in [2.75, 3.05) is 0 Å². The van der Waals surface area contributed by atoms with Crippen molar-refractivity contribution in [1.29, 1.82) is 0 Å². The Kier molecular flexibility index (Phi) is 3.27. The van der Waals surface area contributed by atoms with E-state index in [2.05, 4.69) is 13.8 Å². The molecule has 0 spiro atoms. The van der Waals surface area contributed by atoms with Crippen molar-refractivity contribution >= 4 is 32.9 Å². The van der Waals surface area contributed by atoms with Crippen LogP contribution in [0.5, 0.6) is 0 Å². The molecule has 0 fully saturated rings. The lowest BCUT2D eigenvalue weighted by molar-refractivity contribution is 0.481. The maximum absolute atomic E-state index is 11.4. The van der Waals surface area contributed by atoms with E-state index in [1.807, 2.05) is 18.2 Å². The maximum Gasteiger partial charge on any atom is 0.298 e. The number of benzene rings is 1. The summed E-state index contributed by atoms with van der Waals surface area (Å²) in [5.74, 6) is 0. The highest BCUT2D eigenvalue weighted by Gasteiger charge is 2.22. The van der Waals surface area contributed by atoms with Gasteiger partial charge in [0.1, 0.15) is 15.9 Å². The summed E-state index contributed by atoms with van der Waals surface area (Å²) >= 11 is 1.13. The molecule has 0 unspecified atom stereocenters. The van der Waals surface area contributed by atoms with Crippen molar-refractivity contribution in [1.82, 2.24) is 18.5 Å². The smallest absolute Gasteiger partial charge is 0.282 e. The molecular formula is C12H12N4O3S2. The quantitative estimate of drug-likeness (QED) is 0.738. The summed E-state index contributed by atoms with van der Waals surface area (Å²) in [7, 11) is -4.28. The van der Waals surface area contributed by atoms with Gasteiger partial charge in [-0.2, -0.15) is 22.3 Å². The molecule has 0 bridgehead atoms. The van der Waals surface area contributed by atoms with Crippen LogP contribution in [-0.2, 0) is 16.7 Å². The zero-order valence-corrected chi connectivity index (χ0v) is 12.9. The molecule has 0 saturated carbocycles. The predicted octanol–water partition coefficient (Wildman–Crippen LogP) is 1.80. The van der Waals surface area contributed by atoms with Crippen molar-refractivity contribution in [3.8, 4) is 0 Å². The fraction of sp³-hybridized carbons (Fsp3) is 0.250. The molecule has 0 aliphatic rings. The van der Waals surface area contributed by atoms with E-state index in [1.54, 1.807) is 18.5 Å². The molecule has 0 saturated heterocycles. The van der Waals surface area contributed by atoms with Crippen LogP contribution in [0, 0.1) is 13.8 Å². The van der Waals surface area contributed by atoms with Gasteiger partial charge in [0.15, 0.2) is 0 Å². The first-order valence-corrected chi connectivity index (χ1v) is 8.26. The van der Waals surface area contributed by atoms with Crippen molar-refractivity contribution in [2.24, 2.45) is 0 Å². The topological polar surface area (TPSA) is 98.0 Å². The number of hydrogen-bond acceptors (Lipinski definition) is 6. The average molecular weight is 324 g/mol. The van der Waals surface area contributed by atoms with Crippen LogP contribution >= 0.6 is 11.7 Å². The third-order valence-corrected chi connectivity index (χ3v) is 4.91. The fourth-order valence-electron chi connectivity index (χ4n) is 2.36. The molecule has 0 aliphatic heterocycles. The second kappa shape index (κ2) is 4.86. The summed E-state index contributed by atoms with van der Waals surface area (Å²) in [6.45, 7) is 3.53. The first-order chi connectivity index (χ1) is 9.88. The molecule has 1 N–H and O–H groups in total. The molecule has 3 rings (SSSR count). The number of nitrogens with zero attached hydrogens (tertiary/aromatic N) is 4. The van der Waals surface area contributed by atoms with Gasteiger partial charge >= 0.3 is 0 Å². The molecule has 9 heteroatoms.